The maximum absolute atomic E-state index is 11.0. The van der Waals surface area contributed by atoms with Gasteiger partial charge in [-0.15, -0.1) is 0 Å². The van der Waals surface area contributed by atoms with E-state index in [9.17, 15) is 4.79 Å². The van der Waals surface area contributed by atoms with Gasteiger partial charge in [-0.3, -0.25) is 0 Å². The number of nitrogens with one attached hydrogen (secondary N) is 1. The average molecular weight is 184 g/mol. The first-order valence-electron chi connectivity index (χ1n) is 3.71. The summed E-state index contributed by atoms with van der Waals surface area (Å²) >= 11 is 0. The number of rotatable bonds is 1. The van der Waals surface area contributed by atoms with Gasteiger partial charge in [-0.05, 0) is 6.08 Å². The van der Waals surface area contributed by atoms with Crippen molar-refractivity contribution in [3.63, 3.8) is 0 Å². The van der Waals surface area contributed by atoms with Gasteiger partial charge in [-0.1, -0.05) is 0 Å². The van der Waals surface area contributed by atoms with Crippen LogP contribution in [0.1, 0.15) is 0 Å². The smallest absolute Gasteiger partial charge is 0.342 e. The number of carbonyl (C=O) groups is 1. The third kappa shape index (κ3) is 1.41. The molecule has 2 atom stereocenters. The quantitative estimate of drug-likeness (QED) is 0.432. The SMILES string of the molecule is COC(=O)C1C=C2NC=NC2OO1. The number of nitrogens with zero attached hydrogens (tertiary/aromatic N) is 1. The average Bonchev–Trinajstić information content (AvgIpc) is 2.63. The highest BCUT2D eigenvalue weighted by atomic mass is 17.2. The van der Waals surface area contributed by atoms with Gasteiger partial charge in [-0.2, -0.15) is 0 Å². The molecule has 0 aromatic rings. The normalized spacial score (nSPS) is 30.4. The summed E-state index contributed by atoms with van der Waals surface area (Å²) in [5.74, 6) is -0.500. The Morgan fingerprint density at radius 2 is 2.54 bits per heavy atom. The van der Waals surface area contributed by atoms with Crippen molar-refractivity contribution in [2.45, 2.75) is 12.3 Å². The number of methoxy groups -OCH3 is 1. The molecule has 6 heteroatoms. The topological polar surface area (TPSA) is 69.2 Å². The molecule has 0 aromatic heterocycles. The molecule has 0 saturated carbocycles. The summed E-state index contributed by atoms with van der Waals surface area (Å²) < 4.78 is 4.48. The molecular weight excluding hydrogens is 176 g/mol. The lowest BCUT2D eigenvalue weighted by Gasteiger charge is -2.20. The van der Waals surface area contributed by atoms with Gasteiger partial charge >= 0.3 is 5.97 Å². The molecule has 0 aliphatic carbocycles. The van der Waals surface area contributed by atoms with Crippen LogP contribution in [0, 0.1) is 0 Å². The molecule has 13 heavy (non-hydrogen) atoms. The van der Waals surface area contributed by atoms with Crippen molar-refractivity contribution < 1.29 is 19.3 Å². The number of hydrogen-bond acceptors (Lipinski definition) is 6. The van der Waals surface area contributed by atoms with Crippen molar-refractivity contribution in [1.82, 2.24) is 5.32 Å². The Morgan fingerprint density at radius 1 is 1.69 bits per heavy atom. The minimum Gasteiger partial charge on any atom is -0.467 e. The Kier molecular flexibility index (Phi) is 1.99. The lowest BCUT2D eigenvalue weighted by atomic mass is 10.2. The van der Waals surface area contributed by atoms with Crippen LogP contribution < -0.4 is 5.32 Å². The third-order valence-electron chi connectivity index (χ3n) is 1.72. The standard InChI is InChI=1S/C7H8N2O4/c1-11-7(10)5-2-4-6(13-12-5)9-3-8-4/h2-3,5-6H,1H3,(H,8,9). The summed E-state index contributed by atoms with van der Waals surface area (Å²) in [6.07, 6.45) is 1.78. The first-order valence-corrected chi connectivity index (χ1v) is 3.71. The van der Waals surface area contributed by atoms with Crippen molar-refractivity contribution >= 4 is 12.3 Å². The van der Waals surface area contributed by atoms with Crippen LogP contribution in [-0.2, 0) is 19.3 Å². The van der Waals surface area contributed by atoms with Crippen LogP contribution in [0.5, 0.6) is 0 Å². The first-order chi connectivity index (χ1) is 6.31. The second-order valence-corrected chi connectivity index (χ2v) is 2.53. The second-order valence-electron chi connectivity index (χ2n) is 2.53. The van der Waals surface area contributed by atoms with Crippen LogP contribution >= 0.6 is 0 Å². The molecule has 6 nitrogen and oxygen atoms in total. The van der Waals surface area contributed by atoms with Crippen molar-refractivity contribution in [1.29, 1.82) is 0 Å². The molecule has 0 aromatic carbocycles. The molecule has 0 bridgehead atoms. The Bertz CT molecular complexity index is 286. The molecule has 0 spiro atoms. The van der Waals surface area contributed by atoms with Crippen LogP contribution in [0.15, 0.2) is 16.8 Å². The molecule has 0 radical (unpaired) electrons. The van der Waals surface area contributed by atoms with E-state index in [1.54, 1.807) is 6.08 Å². The molecule has 70 valence electrons. The van der Waals surface area contributed by atoms with Gasteiger partial charge < -0.3 is 10.1 Å². The highest BCUT2D eigenvalue weighted by molar-refractivity contribution is 5.77. The molecule has 2 unspecified atom stereocenters. The van der Waals surface area contributed by atoms with Crippen LogP contribution in [0.4, 0.5) is 0 Å². The van der Waals surface area contributed by atoms with Gasteiger partial charge in [0.2, 0.25) is 12.3 Å². The summed E-state index contributed by atoms with van der Waals surface area (Å²) in [6.45, 7) is 0. The van der Waals surface area contributed by atoms with E-state index in [-0.39, 0.29) is 0 Å². The lowest BCUT2D eigenvalue weighted by molar-refractivity contribution is -0.335. The van der Waals surface area contributed by atoms with Crippen molar-refractivity contribution in [3.05, 3.63) is 11.8 Å². The van der Waals surface area contributed by atoms with Crippen LogP contribution in [0.25, 0.3) is 0 Å². The third-order valence-corrected chi connectivity index (χ3v) is 1.72. The van der Waals surface area contributed by atoms with Crippen LogP contribution in [0.3, 0.4) is 0 Å². The predicted octanol–water partition coefficient (Wildman–Crippen LogP) is -0.669. The fourth-order valence-electron chi connectivity index (χ4n) is 1.07. The predicted molar refractivity (Wildman–Crippen MR) is 41.5 cm³/mol. The summed E-state index contributed by atoms with van der Waals surface area (Å²) in [5, 5.41) is 2.82. The second kappa shape index (κ2) is 3.15. The van der Waals surface area contributed by atoms with Crippen LogP contribution in [0.2, 0.25) is 0 Å². The number of aliphatic imine (C=N–C) groups is 1. The monoisotopic (exact) mass is 184 g/mol. The van der Waals surface area contributed by atoms with Crippen molar-refractivity contribution in [3.8, 4) is 0 Å². The molecule has 1 N–H and O–H groups in total. The molecule has 0 amide bonds. The number of fused-ring (bicyclic) bond motifs is 1. The van der Waals surface area contributed by atoms with Crippen LogP contribution in [-0.4, -0.2) is 31.7 Å². The highest BCUT2D eigenvalue weighted by Crippen LogP contribution is 2.18. The van der Waals surface area contributed by atoms with E-state index in [0.29, 0.717) is 5.70 Å². The van der Waals surface area contributed by atoms with E-state index in [1.165, 1.54) is 13.4 Å². The number of hydrogen-bond donors (Lipinski definition) is 1. The van der Waals surface area contributed by atoms with Crippen molar-refractivity contribution in [2.24, 2.45) is 4.99 Å². The lowest BCUT2D eigenvalue weighted by Crippen LogP contribution is -2.33. The zero-order valence-corrected chi connectivity index (χ0v) is 6.89. The van der Waals surface area contributed by atoms with Gasteiger partial charge in [0, 0.05) is 0 Å². The number of carbonyl (C=O) groups excluding carboxylic acids is 1. The fourth-order valence-corrected chi connectivity index (χ4v) is 1.07. The fraction of sp³-hybridized carbons (Fsp3) is 0.429. The summed E-state index contributed by atoms with van der Waals surface area (Å²) in [7, 11) is 1.29. The molecule has 2 aliphatic rings. The van der Waals surface area contributed by atoms with E-state index in [1.807, 2.05) is 0 Å². The van der Waals surface area contributed by atoms with Crippen molar-refractivity contribution in [2.75, 3.05) is 7.11 Å². The number of esters is 1. The summed E-state index contributed by atoms with van der Waals surface area (Å²) in [5.41, 5.74) is 0.696. The Hall–Kier alpha value is -1.40. The molecule has 0 saturated heterocycles. The molecule has 2 heterocycles. The minimum atomic E-state index is -0.814. The van der Waals surface area contributed by atoms with E-state index in [4.69, 9.17) is 9.78 Å². The Balaban J connectivity index is 2.11. The summed E-state index contributed by atoms with van der Waals surface area (Å²) in [4.78, 5) is 24.4. The Labute approximate surface area is 74.1 Å². The van der Waals surface area contributed by atoms with Gasteiger partial charge in [0.15, 0.2) is 0 Å². The molecule has 2 aliphatic heterocycles. The van der Waals surface area contributed by atoms with Gasteiger partial charge in [-0.25, -0.2) is 19.6 Å². The maximum atomic E-state index is 11.0. The zero-order valence-electron chi connectivity index (χ0n) is 6.89. The molecular formula is C7H8N2O4. The summed E-state index contributed by atoms with van der Waals surface area (Å²) in [6, 6.07) is 0. The van der Waals surface area contributed by atoms with E-state index in [0.717, 1.165) is 0 Å². The van der Waals surface area contributed by atoms with E-state index in [2.05, 4.69) is 15.0 Å². The van der Waals surface area contributed by atoms with Gasteiger partial charge in [0.25, 0.3) is 0 Å². The Morgan fingerprint density at radius 3 is 3.31 bits per heavy atom. The van der Waals surface area contributed by atoms with Gasteiger partial charge in [0.05, 0.1) is 19.1 Å². The van der Waals surface area contributed by atoms with E-state index < -0.39 is 18.3 Å². The van der Waals surface area contributed by atoms with E-state index >= 15 is 0 Å². The largest absolute Gasteiger partial charge is 0.467 e. The zero-order chi connectivity index (χ0) is 9.26. The maximum Gasteiger partial charge on any atom is 0.342 e. The number of ether oxygens (including phenoxy) is 1. The molecule has 0 fully saturated rings. The minimum absolute atomic E-state index is 0.471. The first kappa shape index (κ1) is 8.21. The van der Waals surface area contributed by atoms with Gasteiger partial charge in [0.1, 0.15) is 0 Å². The highest BCUT2D eigenvalue weighted by Gasteiger charge is 2.31. The molecule has 2 rings (SSSR count).